The zero-order valence-electron chi connectivity index (χ0n) is 13.3. The molecule has 3 rings (SSSR count). The van der Waals surface area contributed by atoms with Crippen LogP contribution in [-0.2, 0) is 12.8 Å². The minimum Gasteiger partial charge on any atom is -0.298 e. The molecule has 2 aromatic carbocycles. The van der Waals surface area contributed by atoms with Crippen LogP contribution in [-0.4, -0.2) is 10.9 Å². The lowest BCUT2D eigenvalue weighted by Gasteiger charge is -2.03. The molecule has 0 aliphatic rings. The third kappa shape index (κ3) is 3.86. The largest absolute Gasteiger partial charge is 0.298 e. The van der Waals surface area contributed by atoms with Gasteiger partial charge in [-0.3, -0.25) is 10.1 Å². The summed E-state index contributed by atoms with van der Waals surface area (Å²) in [6.45, 7) is 2.07. The number of hydrogen-bond acceptors (Lipinski definition) is 3. The first-order valence-electron chi connectivity index (χ1n) is 7.74. The van der Waals surface area contributed by atoms with Gasteiger partial charge in [-0.05, 0) is 35.7 Å². The Hall–Kier alpha value is -2.53. The van der Waals surface area contributed by atoms with Gasteiger partial charge in [0, 0.05) is 23.1 Å². The van der Waals surface area contributed by atoms with Crippen molar-refractivity contribution >= 4 is 22.4 Å². The summed E-state index contributed by atoms with van der Waals surface area (Å²) >= 11 is 1.36. The molecule has 3 nitrogen and oxygen atoms in total. The molecule has 1 amide bonds. The average molecular weight is 340 g/mol. The van der Waals surface area contributed by atoms with Crippen molar-refractivity contribution in [2.24, 2.45) is 0 Å². The highest BCUT2D eigenvalue weighted by Gasteiger charge is 2.10. The number of halogens is 1. The van der Waals surface area contributed by atoms with Crippen LogP contribution in [0.3, 0.4) is 0 Å². The summed E-state index contributed by atoms with van der Waals surface area (Å²) in [6.07, 6.45) is 3.08. The van der Waals surface area contributed by atoms with E-state index >= 15 is 0 Å². The number of thiazole rings is 1. The molecular weight excluding hydrogens is 323 g/mol. The summed E-state index contributed by atoms with van der Waals surface area (Å²) < 4.78 is 13.7. The Labute approximate surface area is 144 Å². The molecule has 0 aliphatic carbocycles. The number of amides is 1. The Kier molecular flexibility index (Phi) is 5.01. The third-order valence-electron chi connectivity index (χ3n) is 3.72. The minimum atomic E-state index is -0.229. The molecule has 0 saturated carbocycles. The fraction of sp³-hybridized carbons (Fsp3) is 0.158. The van der Waals surface area contributed by atoms with Crippen LogP contribution in [0.2, 0.25) is 0 Å². The second-order valence-corrected chi connectivity index (χ2v) is 6.52. The van der Waals surface area contributed by atoms with Gasteiger partial charge in [-0.1, -0.05) is 37.3 Å². The number of hydrogen-bond donors (Lipinski definition) is 1. The number of rotatable bonds is 5. The van der Waals surface area contributed by atoms with Gasteiger partial charge >= 0.3 is 0 Å². The second-order valence-electron chi connectivity index (χ2n) is 5.40. The minimum absolute atomic E-state index is 0.190. The highest BCUT2D eigenvalue weighted by atomic mass is 32.1. The van der Waals surface area contributed by atoms with Crippen molar-refractivity contribution in [3.05, 3.63) is 82.1 Å². The van der Waals surface area contributed by atoms with E-state index in [-0.39, 0.29) is 11.7 Å². The zero-order chi connectivity index (χ0) is 16.9. The Morgan fingerprint density at radius 2 is 1.92 bits per heavy atom. The molecule has 0 fully saturated rings. The Bertz CT molecular complexity index is 843. The summed E-state index contributed by atoms with van der Waals surface area (Å²) in [5, 5.41) is 3.31. The highest BCUT2D eigenvalue weighted by Crippen LogP contribution is 2.22. The molecule has 0 spiro atoms. The van der Waals surface area contributed by atoms with Gasteiger partial charge in [0.1, 0.15) is 5.82 Å². The van der Waals surface area contributed by atoms with Crippen LogP contribution >= 0.6 is 11.3 Å². The number of carbonyl (C=O) groups excluding carboxylic acids is 1. The summed E-state index contributed by atoms with van der Waals surface area (Å²) in [6, 6.07) is 14.2. The maximum atomic E-state index is 13.7. The molecule has 1 aromatic heterocycles. The summed E-state index contributed by atoms with van der Waals surface area (Å²) in [4.78, 5) is 17.3. The molecule has 0 unspecified atom stereocenters. The van der Waals surface area contributed by atoms with Crippen molar-refractivity contribution in [2.45, 2.75) is 19.8 Å². The lowest BCUT2D eigenvalue weighted by molar-refractivity contribution is 0.102. The smallest absolute Gasteiger partial charge is 0.257 e. The van der Waals surface area contributed by atoms with Crippen LogP contribution in [0.15, 0.2) is 54.7 Å². The lowest BCUT2D eigenvalue weighted by Crippen LogP contribution is -2.11. The number of aromatic nitrogens is 1. The fourth-order valence-electron chi connectivity index (χ4n) is 2.34. The maximum absolute atomic E-state index is 13.7. The molecule has 0 bridgehead atoms. The molecule has 0 aliphatic heterocycles. The fourth-order valence-corrected chi connectivity index (χ4v) is 3.17. The molecule has 0 atom stereocenters. The van der Waals surface area contributed by atoms with Crippen LogP contribution < -0.4 is 5.32 Å². The number of aryl methyl sites for hydroxylation is 1. The zero-order valence-corrected chi connectivity index (χ0v) is 14.1. The van der Waals surface area contributed by atoms with Gasteiger partial charge in [0.25, 0.3) is 5.91 Å². The van der Waals surface area contributed by atoms with Crippen LogP contribution in [0.25, 0.3) is 0 Å². The van der Waals surface area contributed by atoms with E-state index in [1.54, 1.807) is 18.3 Å². The molecular formula is C19H17FN2OS. The Morgan fingerprint density at radius 1 is 1.17 bits per heavy atom. The summed E-state index contributed by atoms with van der Waals surface area (Å²) in [7, 11) is 0. The van der Waals surface area contributed by atoms with Gasteiger partial charge < -0.3 is 0 Å². The average Bonchev–Trinajstić information content (AvgIpc) is 3.04. The highest BCUT2D eigenvalue weighted by molar-refractivity contribution is 7.15. The van der Waals surface area contributed by atoms with Crippen molar-refractivity contribution in [1.29, 1.82) is 0 Å². The topological polar surface area (TPSA) is 42.0 Å². The van der Waals surface area contributed by atoms with Gasteiger partial charge in [-0.25, -0.2) is 9.37 Å². The molecule has 1 heterocycles. The van der Waals surface area contributed by atoms with Crippen molar-refractivity contribution in [2.75, 3.05) is 5.32 Å². The van der Waals surface area contributed by atoms with E-state index in [2.05, 4.69) is 17.2 Å². The number of nitrogens with zero attached hydrogens (tertiary/aromatic N) is 1. The molecule has 0 saturated heterocycles. The molecule has 24 heavy (non-hydrogen) atoms. The number of nitrogens with one attached hydrogen (secondary N) is 1. The van der Waals surface area contributed by atoms with Crippen molar-refractivity contribution < 1.29 is 9.18 Å². The predicted octanol–water partition coefficient (Wildman–Crippen LogP) is 4.69. The van der Waals surface area contributed by atoms with E-state index in [0.717, 1.165) is 11.3 Å². The molecule has 3 aromatic rings. The van der Waals surface area contributed by atoms with Gasteiger partial charge in [-0.2, -0.15) is 0 Å². The molecule has 5 heteroatoms. The Balaban J connectivity index is 1.67. The number of anilines is 1. The van der Waals surface area contributed by atoms with E-state index in [1.807, 2.05) is 30.3 Å². The van der Waals surface area contributed by atoms with E-state index in [0.29, 0.717) is 22.7 Å². The monoisotopic (exact) mass is 340 g/mol. The van der Waals surface area contributed by atoms with Gasteiger partial charge in [-0.15, -0.1) is 11.3 Å². The summed E-state index contributed by atoms with van der Waals surface area (Å²) in [5.74, 6) is -0.419. The second kappa shape index (κ2) is 7.36. The van der Waals surface area contributed by atoms with Gasteiger partial charge in [0.15, 0.2) is 5.13 Å². The van der Waals surface area contributed by atoms with Crippen molar-refractivity contribution in [1.82, 2.24) is 4.98 Å². The van der Waals surface area contributed by atoms with E-state index in [1.165, 1.54) is 23.0 Å². The summed E-state index contributed by atoms with van der Waals surface area (Å²) in [5.41, 5.74) is 2.40. The molecule has 0 radical (unpaired) electrons. The normalized spacial score (nSPS) is 10.6. The third-order valence-corrected chi connectivity index (χ3v) is 4.63. The van der Waals surface area contributed by atoms with Crippen LogP contribution in [0.4, 0.5) is 9.52 Å². The molecule has 1 N–H and O–H groups in total. The van der Waals surface area contributed by atoms with Crippen LogP contribution in [0, 0.1) is 5.82 Å². The van der Waals surface area contributed by atoms with E-state index in [9.17, 15) is 9.18 Å². The molecule has 122 valence electrons. The quantitative estimate of drug-likeness (QED) is 0.732. The van der Waals surface area contributed by atoms with Gasteiger partial charge in [0.05, 0.1) is 0 Å². The standard InChI is InChI=1S/C19H17FN2OS/c1-2-13-7-9-14(10-8-13)18(23)22-19-21-12-16(24-19)11-15-5-3-4-6-17(15)20/h3-10,12H,2,11H2,1H3,(H,21,22,23). The van der Waals surface area contributed by atoms with Crippen LogP contribution in [0.5, 0.6) is 0 Å². The van der Waals surface area contributed by atoms with E-state index < -0.39 is 0 Å². The van der Waals surface area contributed by atoms with Crippen LogP contribution in [0.1, 0.15) is 33.3 Å². The number of carbonyl (C=O) groups is 1. The first-order chi connectivity index (χ1) is 11.7. The SMILES string of the molecule is CCc1ccc(C(=O)Nc2ncc(Cc3ccccc3F)s2)cc1. The van der Waals surface area contributed by atoms with Crippen molar-refractivity contribution in [3.8, 4) is 0 Å². The predicted molar refractivity (Wildman–Crippen MR) is 95.1 cm³/mol. The van der Waals surface area contributed by atoms with Crippen molar-refractivity contribution in [3.63, 3.8) is 0 Å². The van der Waals surface area contributed by atoms with Gasteiger partial charge in [0.2, 0.25) is 0 Å². The van der Waals surface area contributed by atoms with E-state index in [4.69, 9.17) is 0 Å². The first-order valence-corrected chi connectivity index (χ1v) is 8.55. The lowest BCUT2D eigenvalue weighted by atomic mass is 10.1. The maximum Gasteiger partial charge on any atom is 0.257 e. The first kappa shape index (κ1) is 16.3. The Morgan fingerprint density at radius 3 is 2.62 bits per heavy atom. The number of benzene rings is 2.